The van der Waals surface area contributed by atoms with Crippen LogP contribution in [-0.2, 0) is 14.6 Å². The van der Waals surface area contributed by atoms with E-state index in [4.69, 9.17) is 17.3 Å². The van der Waals surface area contributed by atoms with Gasteiger partial charge in [-0.25, -0.2) is 8.42 Å². The van der Waals surface area contributed by atoms with Gasteiger partial charge in [-0.15, -0.1) is 0 Å². The van der Waals surface area contributed by atoms with Crippen LogP contribution < -0.4 is 11.1 Å². The molecule has 1 rings (SSSR count). The minimum atomic E-state index is -2.99. The van der Waals surface area contributed by atoms with Gasteiger partial charge < -0.3 is 16.0 Å². The van der Waals surface area contributed by atoms with Gasteiger partial charge in [-0.1, -0.05) is 11.6 Å². The van der Waals surface area contributed by atoms with E-state index in [2.05, 4.69) is 5.32 Å². The molecule has 1 amide bonds. The fourth-order valence-electron chi connectivity index (χ4n) is 1.59. The summed E-state index contributed by atoms with van der Waals surface area (Å²) in [5.74, 6) is -0.106. The molecule has 0 aliphatic carbocycles. The van der Waals surface area contributed by atoms with Crippen LogP contribution in [0, 0.1) is 0 Å². The van der Waals surface area contributed by atoms with Crippen LogP contribution in [0.25, 0.3) is 0 Å². The Kier molecular flexibility index (Phi) is 6.44. The van der Waals surface area contributed by atoms with Crippen LogP contribution in [0.3, 0.4) is 0 Å². The van der Waals surface area contributed by atoms with E-state index >= 15 is 0 Å². The van der Waals surface area contributed by atoms with Crippen molar-refractivity contribution in [3.05, 3.63) is 23.2 Å². The van der Waals surface area contributed by atoms with E-state index in [0.717, 1.165) is 0 Å². The van der Waals surface area contributed by atoms with Crippen LogP contribution in [0.4, 0.5) is 11.4 Å². The standard InChI is InChI=1S/C13H20ClN3O3S/c1-17(7-8-21(2,19)20)6-5-13(18)16-12-4-3-10(14)9-11(12)15/h3-4,9H,5-8,15H2,1-2H3,(H,16,18). The Labute approximate surface area is 130 Å². The number of amides is 1. The van der Waals surface area contributed by atoms with E-state index in [1.807, 2.05) is 0 Å². The number of carbonyl (C=O) groups is 1. The second kappa shape index (κ2) is 7.63. The number of anilines is 2. The molecule has 1 aromatic rings. The first-order chi connectivity index (χ1) is 9.67. The van der Waals surface area contributed by atoms with Crippen LogP contribution >= 0.6 is 11.6 Å². The first-order valence-electron chi connectivity index (χ1n) is 6.38. The molecule has 6 nitrogen and oxygen atoms in total. The van der Waals surface area contributed by atoms with Gasteiger partial charge in [-0.2, -0.15) is 0 Å². The Morgan fingerprint density at radius 3 is 2.62 bits per heavy atom. The molecule has 0 heterocycles. The molecule has 3 N–H and O–H groups in total. The molecule has 0 saturated carbocycles. The third-order valence-corrected chi connectivity index (χ3v) is 4.01. The van der Waals surface area contributed by atoms with Gasteiger partial charge in [-0.05, 0) is 25.2 Å². The molecule has 0 radical (unpaired) electrons. The number of benzene rings is 1. The molecule has 0 aliphatic rings. The Bertz CT molecular complexity index is 605. The first-order valence-corrected chi connectivity index (χ1v) is 8.82. The zero-order valence-electron chi connectivity index (χ0n) is 12.1. The summed E-state index contributed by atoms with van der Waals surface area (Å²) in [6.07, 6.45) is 1.44. The monoisotopic (exact) mass is 333 g/mol. The van der Waals surface area contributed by atoms with Crippen molar-refractivity contribution in [1.82, 2.24) is 4.90 Å². The maximum atomic E-state index is 11.8. The number of nitrogen functional groups attached to an aromatic ring is 1. The zero-order valence-corrected chi connectivity index (χ0v) is 13.7. The smallest absolute Gasteiger partial charge is 0.225 e. The lowest BCUT2D eigenvalue weighted by Gasteiger charge is -2.16. The largest absolute Gasteiger partial charge is 0.397 e. The Hall–Kier alpha value is -1.31. The molecule has 0 aromatic heterocycles. The molecule has 1 aromatic carbocycles. The van der Waals surface area contributed by atoms with Crippen molar-refractivity contribution in [2.45, 2.75) is 6.42 Å². The lowest BCUT2D eigenvalue weighted by Crippen LogP contribution is -2.28. The molecule has 0 atom stereocenters. The van der Waals surface area contributed by atoms with Crippen LogP contribution in [0.15, 0.2) is 18.2 Å². The van der Waals surface area contributed by atoms with Gasteiger partial charge in [0.2, 0.25) is 5.91 Å². The van der Waals surface area contributed by atoms with Crippen molar-refractivity contribution in [2.75, 3.05) is 43.2 Å². The maximum Gasteiger partial charge on any atom is 0.225 e. The summed E-state index contributed by atoms with van der Waals surface area (Å²) in [4.78, 5) is 13.6. The number of nitrogens with two attached hydrogens (primary N) is 1. The Balaban J connectivity index is 2.40. The fourth-order valence-corrected chi connectivity index (χ4v) is 2.41. The summed E-state index contributed by atoms with van der Waals surface area (Å²) >= 11 is 5.78. The number of hydrogen-bond donors (Lipinski definition) is 2. The molecule has 0 bridgehead atoms. The molecule has 118 valence electrons. The van der Waals surface area contributed by atoms with Crippen molar-refractivity contribution in [1.29, 1.82) is 0 Å². The summed E-state index contributed by atoms with van der Waals surface area (Å²) in [7, 11) is -1.21. The van der Waals surface area contributed by atoms with Gasteiger partial charge in [0.25, 0.3) is 0 Å². The van der Waals surface area contributed by atoms with Crippen LogP contribution in [0.5, 0.6) is 0 Å². The maximum absolute atomic E-state index is 11.8. The van der Waals surface area contributed by atoms with Gasteiger partial charge in [-0.3, -0.25) is 4.79 Å². The second-order valence-electron chi connectivity index (χ2n) is 4.96. The van der Waals surface area contributed by atoms with E-state index in [1.165, 1.54) is 6.26 Å². The SMILES string of the molecule is CN(CCC(=O)Nc1ccc(Cl)cc1N)CCS(C)(=O)=O. The predicted molar refractivity (Wildman–Crippen MR) is 86.3 cm³/mol. The van der Waals surface area contributed by atoms with Crippen molar-refractivity contribution >= 4 is 38.7 Å². The van der Waals surface area contributed by atoms with E-state index in [-0.39, 0.29) is 18.1 Å². The molecular formula is C13H20ClN3O3S. The number of nitrogens with zero attached hydrogens (tertiary/aromatic N) is 1. The number of carbonyl (C=O) groups excluding carboxylic acids is 1. The molecule has 0 fully saturated rings. The quantitative estimate of drug-likeness (QED) is 0.732. The Morgan fingerprint density at radius 1 is 1.38 bits per heavy atom. The third-order valence-electron chi connectivity index (χ3n) is 2.85. The fraction of sp³-hybridized carbons (Fsp3) is 0.462. The number of nitrogens with one attached hydrogen (secondary N) is 1. The number of sulfone groups is 1. The number of hydrogen-bond acceptors (Lipinski definition) is 5. The van der Waals surface area contributed by atoms with E-state index in [1.54, 1.807) is 30.1 Å². The minimum Gasteiger partial charge on any atom is -0.397 e. The molecular weight excluding hydrogens is 314 g/mol. The van der Waals surface area contributed by atoms with Gasteiger partial charge in [0.15, 0.2) is 0 Å². The third kappa shape index (κ3) is 7.31. The lowest BCUT2D eigenvalue weighted by atomic mass is 10.2. The number of halogens is 1. The average Bonchev–Trinajstić information content (AvgIpc) is 2.36. The summed E-state index contributed by atoms with van der Waals surface area (Å²) in [5, 5.41) is 3.20. The highest BCUT2D eigenvalue weighted by molar-refractivity contribution is 7.90. The molecule has 0 unspecified atom stereocenters. The summed E-state index contributed by atoms with van der Waals surface area (Å²) in [6.45, 7) is 0.865. The second-order valence-corrected chi connectivity index (χ2v) is 7.66. The minimum absolute atomic E-state index is 0.0786. The molecule has 0 aliphatic heterocycles. The topological polar surface area (TPSA) is 92.5 Å². The molecule has 0 spiro atoms. The van der Waals surface area contributed by atoms with Crippen LogP contribution in [-0.4, -0.2) is 51.4 Å². The zero-order chi connectivity index (χ0) is 16.0. The lowest BCUT2D eigenvalue weighted by molar-refractivity contribution is -0.116. The van der Waals surface area contributed by atoms with Crippen molar-refractivity contribution in [3.8, 4) is 0 Å². The Morgan fingerprint density at radius 2 is 2.05 bits per heavy atom. The van der Waals surface area contributed by atoms with Crippen LogP contribution in [0.1, 0.15) is 6.42 Å². The molecule has 0 saturated heterocycles. The van der Waals surface area contributed by atoms with Gasteiger partial charge in [0, 0.05) is 30.8 Å². The van der Waals surface area contributed by atoms with Gasteiger partial charge >= 0.3 is 0 Å². The van der Waals surface area contributed by atoms with Crippen molar-refractivity contribution < 1.29 is 13.2 Å². The average molecular weight is 334 g/mol. The summed E-state index contributed by atoms with van der Waals surface area (Å²) < 4.78 is 22.1. The van der Waals surface area contributed by atoms with Crippen molar-refractivity contribution in [2.24, 2.45) is 0 Å². The summed E-state index contributed by atoms with van der Waals surface area (Å²) in [6, 6.07) is 4.85. The summed E-state index contributed by atoms with van der Waals surface area (Å²) in [5.41, 5.74) is 6.67. The molecule has 21 heavy (non-hydrogen) atoms. The van der Waals surface area contributed by atoms with Crippen LogP contribution in [0.2, 0.25) is 5.02 Å². The molecule has 8 heteroatoms. The van der Waals surface area contributed by atoms with E-state index in [0.29, 0.717) is 29.5 Å². The first kappa shape index (κ1) is 17.7. The highest BCUT2D eigenvalue weighted by Crippen LogP contribution is 2.22. The highest BCUT2D eigenvalue weighted by atomic mass is 35.5. The van der Waals surface area contributed by atoms with E-state index in [9.17, 15) is 13.2 Å². The van der Waals surface area contributed by atoms with Gasteiger partial charge in [0.1, 0.15) is 9.84 Å². The van der Waals surface area contributed by atoms with Crippen molar-refractivity contribution in [3.63, 3.8) is 0 Å². The number of rotatable bonds is 7. The van der Waals surface area contributed by atoms with E-state index < -0.39 is 9.84 Å². The normalized spacial score (nSPS) is 11.6. The van der Waals surface area contributed by atoms with Gasteiger partial charge in [0.05, 0.1) is 17.1 Å². The highest BCUT2D eigenvalue weighted by Gasteiger charge is 2.09. The predicted octanol–water partition coefficient (Wildman–Crippen LogP) is 1.23.